The van der Waals surface area contributed by atoms with Crippen molar-refractivity contribution >= 4 is 18.0 Å². The van der Waals surface area contributed by atoms with Crippen LogP contribution in [-0.2, 0) is 4.79 Å². The second-order valence-corrected chi connectivity index (χ2v) is 2.61. The van der Waals surface area contributed by atoms with Gasteiger partial charge in [0.1, 0.15) is 12.3 Å². The molecule has 1 heterocycles. The minimum Gasteiger partial charge on any atom is -0.399 e. The van der Waals surface area contributed by atoms with E-state index in [1.54, 1.807) is 18.2 Å². The predicted octanol–water partition coefficient (Wildman–Crippen LogP) is 0.0245. The molecule has 0 fully saturated rings. The van der Waals surface area contributed by atoms with E-state index < -0.39 is 0 Å². The molecular weight excluding hydrogens is 154 g/mol. The van der Waals surface area contributed by atoms with Crippen LogP contribution in [0, 0.1) is 5.92 Å². The molecule has 1 aliphatic heterocycles. The largest absolute Gasteiger partial charge is 0.399 e. The molecule has 0 radical (unpaired) electrons. The molecule has 60 valence electrons. The van der Waals surface area contributed by atoms with E-state index in [4.69, 9.17) is 5.73 Å². The topological polar surface area (TPSA) is 67.8 Å². The Morgan fingerprint density at radius 2 is 2.25 bits per heavy atom. The average molecular weight is 161 g/mol. The summed E-state index contributed by atoms with van der Waals surface area (Å²) >= 11 is 0. The van der Waals surface area contributed by atoms with Gasteiger partial charge in [-0.2, -0.15) is 0 Å². The van der Waals surface area contributed by atoms with Gasteiger partial charge in [-0.05, 0) is 18.2 Å². The first-order valence-electron chi connectivity index (χ1n) is 3.57. The lowest BCUT2D eigenvalue weighted by Crippen LogP contribution is -2.25. The standard InChI is InChI=1S/C8H7N3O/c9-5-1-2-7-6(3-5)8(12)11-4-10-7/h1-4,6H,9H2. The molecule has 1 atom stereocenters. The number of carbonyl (C=O) groups excluding carboxylic acids is 1. The third kappa shape index (κ3) is 0.972. The van der Waals surface area contributed by atoms with Crippen molar-refractivity contribution < 1.29 is 4.79 Å². The molecule has 4 heteroatoms. The van der Waals surface area contributed by atoms with E-state index in [0.717, 1.165) is 0 Å². The zero-order valence-corrected chi connectivity index (χ0v) is 6.27. The van der Waals surface area contributed by atoms with Crippen LogP contribution in [0.25, 0.3) is 0 Å². The summed E-state index contributed by atoms with van der Waals surface area (Å²) in [7, 11) is 0. The zero-order chi connectivity index (χ0) is 8.55. The molecule has 0 spiro atoms. The van der Waals surface area contributed by atoms with Gasteiger partial charge in [0, 0.05) is 5.70 Å². The number of carbonyl (C=O) groups is 1. The molecule has 0 saturated carbocycles. The van der Waals surface area contributed by atoms with Crippen LogP contribution in [0.5, 0.6) is 0 Å². The predicted molar refractivity (Wildman–Crippen MR) is 45.8 cm³/mol. The number of hydrogen-bond acceptors (Lipinski definition) is 3. The maximum atomic E-state index is 11.2. The summed E-state index contributed by atoms with van der Waals surface area (Å²) < 4.78 is 0. The fourth-order valence-corrected chi connectivity index (χ4v) is 1.17. The highest BCUT2D eigenvalue weighted by Gasteiger charge is 2.24. The summed E-state index contributed by atoms with van der Waals surface area (Å²) in [5, 5.41) is 0. The first-order chi connectivity index (χ1) is 5.77. The summed E-state index contributed by atoms with van der Waals surface area (Å²) in [5.74, 6) is -0.563. The Hall–Kier alpha value is -1.71. The lowest BCUT2D eigenvalue weighted by atomic mass is 9.96. The second kappa shape index (κ2) is 2.41. The van der Waals surface area contributed by atoms with Crippen LogP contribution in [0.2, 0.25) is 0 Å². The van der Waals surface area contributed by atoms with E-state index in [9.17, 15) is 4.79 Å². The smallest absolute Gasteiger partial charge is 0.260 e. The molecule has 2 aliphatic rings. The van der Waals surface area contributed by atoms with Gasteiger partial charge >= 0.3 is 0 Å². The molecule has 1 aliphatic carbocycles. The van der Waals surface area contributed by atoms with Crippen LogP contribution < -0.4 is 5.73 Å². The monoisotopic (exact) mass is 161 g/mol. The van der Waals surface area contributed by atoms with Crippen molar-refractivity contribution in [3.63, 3.8) is 0 Å². The molecule has 4 nitrogen and oxygen atoms in total. The minimum atomic E-state index is -0.361. The fraction of sp³-hybridized carbons (Fsp3) is 0.125. The quantitative estimate of drug-likeness (QED) is 0.544. The van der Waals surface area contributed by atoms with Crippen molar-refractivity contribution in [2.24, 2.45) is 21.6 Å². The zero-order valence-electron chi connectivity index (χ0n) is 6.27. The Kier molecular flexibility index (Phi) is 1.40. The van der Waals surface area contributed by atoms with E-state index in [1.165, 1.54) is 6.34 Å². The normalized spacial score (nSPS) is 26.3. The lowest BCUT2D eigenvalue weighted by molar-refractivity contribution is -0.118. The van der Waals surface area contributed by atoms with Gasteiger partial charge < -0.3 is 5.73 Å². The number of rotatable bonds is 0. The average Bonchev–Trinajstić information content (AvgIpc) is 2.07. The third-order valence-electron chi connectivity index (χ3n) is 1.78. The highest BCUT2D eigenvalue weighted by molar-refractivity contribution is 6.18. The first kappa shape index (κ1) is 6.97. The van der Waals surface area contributed by atoms with Crippen LogP contribution in [0.3, 0.4) is 0 Å². The molecule has 2 N–H and O–H groups in total. The molecule has 12 heavy (non-hydrogen) atoms. The fourth-order valence-electron chi connectivity index (χ4n) is 1.17. The molecule has 0 aromatic heterocycles. The van der Waals surface area contributed by atoms with Gasteiger partial charge in [-0.1, -0.05) is 0 Å². The lowest BCUT2D eigenvalue weighted by Gasteiger charge is -2.15. The van der Waals surface area contributed by atoms with Crippen LogP contribution in [0.15, 0.2) is 33.9 Å². The van der Waals surface area contributed by atoms with Crippen molar-refractivity contribution in [2.75, 3.05) is 0 Å². The molecule has 0 bridgehead atoms. The van der Waals surface area contributed by atoms with Crippen molar-refractivity contribution in [1.82, 2.24) is 0 Å². The highest BCUT2D eigenvalue weighted by atomic mass is 16.1. The Balaban J connectivity index is 2.43. The van der Waals surface area contributed by atoms with E-state index >= 15 is 0 Å². The number of allylic oxidation sites excluding steroid dienone is 2. The number of hydrogen-bond donors (Lipinski definition) is 1. The van der Waals surface area contributed by atoms with Crippen molar-refractivity contribution in [1.29, 1.82) is 0 Å². The third-order valence-corrected chi connectivity index (χ3v) is 1.78. The van der Waals surface area contributed by atoms with E-state index in [2.05, 4.69) is 9.98 Å². The molecule has 0 aromatic rings. The highest BCUT2D eigenvalue weighted by Crippen LogP contribution is 2.15. The summed E-state index contributed by atoms with van der Waals surface area (Å²) in [6, 6.07) is 0. The van der Waals surface area contributed by atoms with Crippen molar-refractivity contribution in [2.45, 2.75) is 0 Å². The van der Waals surface area contributed by atoms with Gasteiger partial charge in [0.15, 0.2) is 0 Å². The Bertz CT molecular complexity index is 349. The summed E-state index contributed by atoms with van der Waals surface area (Å²) in [5.41, 5.74) is 6.82. The van der Waals surface area contributed by atoms with Crippen LogP contribution >= 0.6 is 0 Å². The summed E-state index contributed by atoms with van der Waals surface area (Å²) in [6.45, 7) is 0. The van der Waals surface area contributed by atoms with Gasteiger partial charge in [0.25, 0.3) is 5.91 Å². The van der Waals surface area contributed by atoms with Crippen LogP contribution in [-0.4, -0.2) is 18.0 Å². The number of fused-ring (bicyclic) bond motifs is 1. The Morgan fingerprint density at radius 1 is 1.42 bits per heavy atom. The van der Waals surface area contributed by atoms with Gasteiger partial charge in [-0.3, -0.25) is 4.79 Å². The summed E-state index contributed by atoms with van der Waals surface area (Å²) in [4.78, 5) is 18.7. The molecule has 2 rings (SSSR count). The number of amides is 1. The number of aliphatic imine (C=N–C) groups is 2. The van der Waals surface area contributed by atoms with Gasteiger partial charge in [-0.25, -0.2) is 9.98 Å². The summed E-state index contributed by atoms with van der Waals surface area (Å²) in [6.07, 6.45) is 6.40. The van der Waals surface area contributed by atoms with E-state index in [-0.39, 0.29) is 11.8 Å². The van der Waals surface area contributed by atoms with E-state index in [1.807, 2.05) is 0 Å². The second-order valence-electron chi connectivity index (χ2n) is 2.61. The van der Waals surface area contributed by atoms with Gasteiger partial charge in [0.05, 0.1) is 5.71 Å². The molecule has 0 aromatic carbocycles. The van der Waals surface area contributed by atoms with Crippen LogP contribution in [0.4, 0.5) is 0 Å². The Labute approximate surface area is 69.2 Å². The van der Waals surface area contributed by atoms with Crippen LogP contribution in [0.1, 0.15) is 0 Å². The first-order valence-corrected chi connectivity index (χ1v) is 3.57. The van der Waals surface area contributed by atoms with E-state index in [0.29, 0.717) is 11.4 Å². The number of nitrogens with two attached hydrogens (primary N) is 1. The maximum absolute atomic E-state index is 11.2. The molecule has 1 unspecified atom stereocenters. The Morgan fingerprint density at radius 3 is 3.08 bits per heavy atom. The van der Waals surface area contributed by atoms with Crippen molar-refractivity contribution in [3.05, 3.63) is 23.9 Å². The SMILES string of the molecule is NC1=CC2C(=O)N=CN=C2C=C1. The minimum absolute atomic E-state index is 0.202. The van der Waals surface area contributed by atoms with Gasteiger partial charge in [0.2, 0.25) is 0 Å². The molecular formula is C8H7N3O. The van der Waals surface area contributed by atoms with Gasteiger partial charge in [-0.15, -0.1) is 0 Å². The molecule has 0 saturated heterocycles. The number of nitrogens with zero attached hydrogens (tertiary/aromatic N) is 2. The van der Waals surface area contributed by atoms with Crippen molar-refractivity contribution in [3.8, 4) is 0 Å². The maximum Gasteiger partial charge on any atom is 0.260 e. The molecule has 1 amide bonds.